The summed E-state index contributed by atoms with van der Waals surface area (Å²) in [5.74, 6) is -0.221. The van der Waals surface area contributed by atoms with E-state index in [2.05, 4.69) is 9.44 Å². The Bertz CT molecular complexity index is 517. The molecule has 0 aliphatic rings. The van der Waals surface area contributed by atoms with Gasteiger partial charge in [0.15, 0.2) is 0 Å². The van der Waals surface area contributed by atoms with Crippen LogP contribution < -0.4 is 0 Å². The molecule has 1 rings (SSSR count). The minimum absolute atomic E-state index is 0.0467. The van der Waals surface area contributed by atoms with Crippen LogP contribution >= 0.6 is 0 Å². The van der Waals surface area contributed by atoms with E-state index in [9.17, 15) is 8.42 Å². The van der Waals surface area contributed by atoms with E-state index in [1.807, 2.05) is 6.07 Å². The van der Waals surface area contributed by atoms with E-state index < -0.39 is 10.1 Å². The maximum absolute atomic E-state index is 11.5. The Balaban J connectivity index is 2.61. The van der Waals surface area contributed by atoms with Crippen LogP contribution in [0, 0.1) is 17.2 Å². The first-order valence-electron chi connectivity index (χ1n) is 4.96. The number of hydrogen-bond donors (Lipinski definition) is 0. The molecule has 1 atom stereocenters. The van der Waals surface area contributed by atoms with Gasteiger partial charge in [-0.2, -0.15) is 13.7 Å². The smallest absolute Gasteiger partial charge is 0.265 e. The lowest BCUT2D eigenvalue weighted by atomic mass is 10.1. The zero-order chi connectivity index (χ0) is 12.7. The van der Waals surface area contributed by atoms with Gasteiger partial charge in [-0.15, -0.1) is 0 Å². The lowest BCUT2D eigenvalue weighted by molar-refractivity contribution is 0.339. The lowest BCUT2D eigenvalue weighted by Crippen LogP contribution is -2.02. The first-order valence-corrected chi connectivity index (χ1v) is 6.37. The second-order valence-electron chi connectivity index (χ2n) is 3.40. The van der Waals surface area contributed by atoms with Gasteiger partial charge in [-0.3, -0.25) is 4.28 Å². The van der Waals surface area contributed by atoms with Crippen LogP contribution in [0.1, 0.15) is 13.3 Å². The molecule has 0 amide bonds. The summed E-state index contributed by atoms with van der Waals surface area (Å²) in [6.45, 7) is 1.71. The van der Waals surface area contributed by atoms with Gasteiger partial charge in [-0.1, -0.05) is 23.4 Å². The fraction of sp³-hybridized carbons (Fsp3) is 0.273. The van der Waals surface area contributed by atoms with Crippen LogP contribution in [-0.2, 0) is 14.4 Å². The summed E-state index contributed by atoms with van der Waals surface area (Å²) in [5.41, 5.74) is 0. The molecule has 17 heavy (non-hydrogen) atoms. The van der Waals surface area contributed by atoms with Crippen LogP contribution in [0.3, 0.4) is 0 Å². The molecule has 0 aliphatic heterocycles. The first-order chi connectivity index (χ1) is 8.06. The van der Waals surface area contributed by atoms with Crippen molar-refractivity contribution in [2.24, 2.45) is 11.1 Å². The molecule has 0 heterocycles. The molecule has 0 saturated heterocycles. The minimum atomic E-state index is -3.85. The molecule has 0 aromatic heterocycles. The molecule has 0 spiro atoms. The maximum atomic E-state index is 11.5. The number of nitrogens with zero attached hydrogens (tertiary/aromatic N) is 2. The Morgan fingerprint density at radius 3 is 2.71 bits per heavy atom. The van der Waals surface area contributed by atoms with Gasteiger partial charge in [0, 0.05) is 18.6 Å². The maximum Gasteiger partial charge on any atom is 0.358 e. The van der Waals surface area contributed by atoms with Crippen molar-refractivity contribution < 1.29 is 12.7 Å². The van der Waals surface area contributed by atoms with Crippen molar-refractivity contribution in [3.8, 4) is 6.07 Å². The van der Waals surface area contributed by atoms with Crippen LogP contribution in [0.4, 0.5) is 0 Å². The zero-order valence-electron chi connectivity index (χ0n) is 9.28. The van der Waals surface area contributed by atoms with Crippen molar-refractivity contribution in [3.63, 3.8) is 0 Å². The fourth-order valence-corrected chi connectivity index (χ4v) is 1.72. The van der Waals surface area contributed by atoms with Crippen LogP contribution in [0.5, 0.6) is 0 Å². The molecule has 6 heteroatoms. The van der Waals surface area contributed by atoms with Crippen molar-refractivity contribution in [2.75, 3.05) is 0 Å². The summed E-state index contributed by atoms with van der Waals surface area (Å²) in [4.78, 5) is 0.0467. The van der Waals surface area contributed by atoms with Crippen LogP contribution in [0.2, 0.25) is 0 Å². The molecule has 0 aliphatic carbocycles. The van der Waals surface area contributed by atoms with Gasteiger partial charge in [0.05, 0.1) is 6.07 Å². The van der Waals surface area contributed by atoms with E-state index in [-0.39, 0.29) is 10.8 Å². The van der Waals surface area contributed by atoms with Gasteiger partial charge in [-0.25, -0.2) is 0 Å². The summed E-state index contributed by atoms with van der Waals surface area (Å²) < 4.78 is 27.5. The van der Waals surface area contributed by atoms with Gasteiger partial charge < -0.3 is 0 Å². The highest BCUT2D eigenvalue weighted by Crippen LogP contribution is 2.11. The predicted octanol–water partition coefficient (Wildman–Crippen LogP) is 1.93. The highest BCUT2D eigenvalue weighted by molar-refractivity contribution is 7.86. The summed E-state index contributed by atoms with van der Waals surface area (Å²) in [7, 11) is -3.85. The number of oxime groups is 1. The molecule has 0 bridgehead atoms. The Labute approximate surface area is 100 Å². The number of benzene rings is 1. The third kappa shape index (κ3) is 4.25. The molecule has 0 fully saturated rings. The van der Waals surface area contributed by atoms with Gasteiger partial charge in [0.25, 0.3) is 0 Å². The molecule has 1 aromatic carbocycles. The normalized spacial score (nSPS) is 13.2. The Morgan fingerprint density at radius 2 is 2.12 bits per heavy atom. The third-order valence-electron chi connectivity index (χ3n) is 1.93. The van der Waals surface area contributed by atoms with Crippen molar-refractivity contribution >= 4 is 16.3 Å². The Hall–Kier alpha value is -1.87. The number of hydrogen-bond acceptors (Lipinski definition) is 5. The van der Waals surface area contributed by atoms with Crippen molar-refractivity contribution in [3.05, 3.63) is 30.3 Å². The van der Waals surface area contributed by atoms with Gasteiger partial charge in [0.2, 0.25) is 0 Å². The quantitative estimate of drug-likeness (QED) is 0.592. The molecule has 5 nitrogen and oxygen atoms in total. The topological polar surface area (TPSA) is 79.5 Å². The van der Waals surface area contributed by atoms with E-state index in [1.165, 1.54) is 18.3 Å². The van der Waals surface area contributed by atoms with E-state index in [4.69, 9.17) is 5.26 Å². The number of nitriles is 1. The van der Waals surface area contributed by atoms with Gasteiger partial charge >= 0.3 is 10.1 Å². The van der Waals surface area contributed by atoms with Crippen molar-refractivity contribution in [1.29, 1.82) is 5.26 Å². The minimum Gasteiger partial charge on any atom is -0.265 e. The second-order valence-corrected chi connectivity index (χ2v) is 4.92. The van der Waals surface area contributed by atoms with E-state index in [0.29, 0.717) is 6.42 Å². The molecule has 1 aromatic rings. The molecule has 0 radical (unpaired) electrons. The van der Waals surface area contributed by atoms with Crippen molar-refractivity contribution in [2.45, 2.75) is 18.2 Å². The van der Waals surface area contributed by atoms with Crippen molar-refractivity contribution in [1.82, 2.24) is 0 Å². The average molecular weight is 252 g/mol. The van der Waals surface area contributed by atoms with E-state index in [0.717, 1.165) is 0 Å². The second kappa shape index (κ2) is 6.01. The molecule has 0 saturated carbocycles. The van der Waals surface area contributed by atoms with Crippen LogP contribution in [-0.4, -0.2) is 14.6 Å². The SMILES string of the molecule is CC(C#N)C/C=N/OS(=O)(=O)c1ccccc1. The van der Waals surface area contributed by atoms with Crippen LogP contribution in [0.25, 0.3) is 0 Å². The third-order valence-corrected chi connectivity index (χ3v) is 3.06. The highest BCUT2D eigenvalue weighted by Gasteiger charge is 2.14. The standard InChI is InChI=1S/C11H12N2O3S/c1-10(9-12)7-8-13-16-17(14,15)11-5-3-2-4-6-11/h2-6,8,10H,7H2,1H3/b13-8+. The summed E-state index contributed by atoms with van der Waals surface area (Å²) >= 11 is 0. The predicted molar refractivity (Wildman–Crippen MR) is 62.6 cm³/mol. The molecule has 0 N–H and O–H groups in total. The Kier molecular flexibility index (Phi) is 4.67. The largest absolute Gasteiger partial charge is 0.358 e. The molecule has 1 unspecified atom stereocenters. The fourth-order valence-electron chi connectivity index (χ4n) is 0.971. The van der Waals surface area contributed by atoms with Gasteiger partial charge in [0.1, 0.15) is 4.90 Å². The first kappa shape index (κ1) is 13.2. The van der Waals surface area contributed by atoms with Gasteiger partial charge in [-0.05, 0) is 19.1 Å². The lowest BCUT2D eigenvalue weighted by Gasteiger charge is -2.00. The summed E-state index contributed by atoms with van der Waals surface area (Å²) in [6, 6.07) is 9.73. The monoisotopic (exact) mass is 252 g/mol. The average Bonchev–Trinajstić information content (AvgIpc) is 2.35. The van der Waals surface area contributed by atoms with E-state index in [1.54, 1.807) is 25.1 Å². The summed E-state index contributed by atoms with van der Waals surface area (Å²) in [6.07, 6.45) is 1.62. The zero-order valence-corrected chi connectivity index (χ0v) is 10.1. The summed E-state index contributed by atoms with van der Waals surface area (Å²) in [5, 5.41) is 11.8. The van der Waals surface area contributed by atoms with E-state index >= 15 is 0 Å². The molecular formula is C11H12N2O3S. The number of rotatable bonds is 5. The highest BCUT2D eigenvalue weighted by atomic mass is 32.2. The Morgan fingerprint density at radius 1 is 1.47 bits per heavy atom. The molecular weight excluding hydrogens is 240 g/mol. The molecule has 90 valence electrons. The van der Waals surface area contributed by atoms with Crippen LogP contribution in [0.15, 0.2) is 40.4 Å².